The summed E-state index contributed by atoms with van der Waals surface area (Å²) in [5.41, 5.74) is -0.313. The number of rotatable bonds is 1. The summed E-state index contributed by atoms with van der Waals surface area (Å²) in [4.78, 5) is 12.8. The lowest BCUT2D eigenvalue weighted by Gasteiger charge is -2.19. The molecule has 0 N–H and O–H groups in total. The van der Waals surface area contributed by atoms with Crippen molar-refractivity contribution in [3.63, 3.8) is 0 Å². The van der Waals surface area contributed by atoms with E-state index in [1.807, 2.05) is 0 Å². The van der Waals surface area contributed by atoms with Crippen molar-refractivity contribution in [1.29, 1.82) is 0 Å². The lowest BCUT2D eigenvalue weighted by Crippen LogP contribution is -2.39. The van der Waals surface area contributed by atoms with Crippen LogP contribution in [-0.2, 0) is 10.2 Å². The summed E-state index contributed by atoms with van der Waals surface area (Å²) in [6.07, 6.45) is -3.46. The Morgan fingerprint density at radius 2 is 1.95 bits per heavy atom. The number of benzene rings is 1. The molecule has 7 heteroatoms. The van der Waals surface area contributed by atoms with Crippen molar-refractivity contribution in [2.45, 2.75) is 24.4 Å². The van der Waals surface area contributed by atoms with Gasteiger partial charge in [0.2, 0.25) is 5.91 Å². The first-order valence-electron chi connectivity index (χ1n) is 5.63. The Labute approximate surface area is 114 Å². The Kier molecular flexibility index (Phi) is 2.52. The number of carbonyl (C=O) groups excluding carboxylic acids is 1. The third kappa shape index (κ3) is 1.86. The van der Waals surface area contributed by atoms with Gasteiger partial charge in [-0.25, -0.2) is 4.39 Å². The molecule has 1 fully saturated rings. The van der Waals surface area contributed by atoms with Crippen molar-refractivity contribution in [2.24, 2.45) is 0 Å². The van der Waals surface area contributed by atoms with Crippen molar-refractivity contribution < 1.29 is 22.4 Å². The van der Waals surface area contributed by atoms with E-state index in [0.717, 1.165) is 6.07 Å². The van der Waals surface area contributed by atoms with Gasteiger partial charge in [0, 0.05) is 0 Å². The summed E-state index contributed by atoms with van der Waals surface area (Å²) >= 11 is 3.00. The maximum Gasteiger partial charge on any atom is 0.406 e. The summed E-state index contributed by atoms with van der Waals surface area (Å²) in [6, 6.07) is 2.42. The van der Waals surface area contributed by atoms with Gasteiger partial charge in [-0.15, -0.1) is 0 Å². The van der Waals surface area contributed by atoms with Crippen molar-refractivity contribution in [3.8, 4) is 0 Å². The number of nitrogens with zero attached hydrogens (tertiary/aromatic N) is 1. The molecule has 1 amide bonds. The van der Waals surface area contributed by atoms with E-state index in [0.29, 0.717) is 23.3 Å². The molecular formula is C12H8BrF4NO. The maximum absolute atomic E-state index is 13.5. The standard InChI is InChI=1S/C12H8BrF4NO/c13-7-3-6-9(4-8(7)14)18(5-12(15,16)17)10(19)11(6)1-2-11/h3-4H,1-2,5H2. The molecule has 0 radical (unpaired) electrons. The topological polar surface area (TPSA) is 20.3 Å². The molecule has 0 unspecified atom stereocenters. The van der Waals surface area contributed by atoms with Crippen LogP contribution in [0.2, 0.25) is 0 Å². The van der Waals surface area contributed by atoms with Crippen LogP contribution in [0.3, 0.4) is 0 Å². The first kappa shape index (κ1) is 12.9. The minimum atomic E-state index is -4.50. The van der Waals surface area contributed by atoms with Gasteiger partial charge in [0.05, 0.1) is 15.6 Å². The average Bonchev–Trinajstić information content (AvgIpc) is 3.05. The Balaban J connectivity index is 2.11. The van der Waals surface area contributed by atoms with Gasteiger partial charge in [-0.2, -0.15) is 13.2 Å². The van der Waals surface area contributed by atoms with E-state index in [-0.39, 0.29) is 10.2 Å². The quantitative estimate of drug-likeness (QED) is 0.718. The largest absolute Gasteiger partial charge is 0.406 e. The van der Waals surface area contributed by atoms with Crippen LogP contribution >= 0.6 is 15.9 Å². The zero-order valence-corrected chi connectivity index (χ0v) is 11.1. The van der Waals surface area contributed by atoms with Crippen molar-refractivity contribution in [2.75, 3.05) is 11.4 Å². The third-order valence-electron chi connectivity index (χ3n) is 3.59. The molecule has 3 rings (SSSR count). The van der Waals surface area contributed by atoms with E-state index in [9.17, 15) is 22.4 Å². The van der Waals surface area contributed by atoms with Gasteiger partial charge in [-0.1, -0.05) is 0 Å². The van der Waals surface area contributed by atoms with Crippen LogP contribution in [0.1, 0.15) is 18.4 Å². The molecular weight excluding hydrogens is 330 g/mol. The second-order valence-corrected chi connectivity index (χ2v) is 5.73. The fraction of sp³-hybridized carbons (Fsp3) is 0.417. The molecule has 0 saturated heterocycles. The highest BCUT2D eigenvalue weighted by molar-refractivity contribution is 9.10. The first-order valence-corrected chi connectivity index (χ1v) is 6.42. The van der Waals surface area contributed by atoms with E-state index in [4.69, 9.17) is 0 Å². The number of alkyl halides is 3. The first-order chi connectivity index (χ1) is 8.74. The van der Waals surface area contributed by atoms with E-state index in [1.165, 1.54) is 6.07 Å². The van der Waals surface area contributed by atoms with Crippen LogP contribution in [0.4, 0.5) is 23.2 Å². The molecule has 0 aromatic heterocycles. The van der Waals surface area contributed by atoms with Crippen LogP contribution in [0.15, 0.2) is 16.6 Å². The van der Waals surface area contributed by atoms with Gasteiger partial charge in [0.15, 0.2) is 0 Å². The van der Waals surface area contributed by atoms with Gasteiger partial charge < -0.3 is 4.90 Å². The second kappa shape index (κ2) is 3.71. The Hall–Kier alpha value is -1.11. The second-order valence-electron chi connectivity index (χ2n) is 4.87. The number of amides is 1. The fourth-order valence-corrected chi connectivity index (χ4v) is 2.91. The number of fused-ring (bicyclic) bond motifs is 2. The van der Waals surface area contributed by atoms with Gasteiger partial charge in [-0.05, 0) is 46.5 Å². The summed E-state index contributed by atoms with van der Waals surface area (Å²) in [7, 11) is 0. The molecule has 19 heavy (non-hydrogen) atoms. The van der Waals surface area contributed by atoms with Gasteiger partial charge >= 0.3 is 6.18 Å². The van der Waals surface area contributed by atoms with Crippen molar-refractivity contribution >= 4 is 27.5 Å². The van der Waals surface area contributed by atoms with Gasteiger partial charge in [-0.3, -0.25) is 4.79 Å². The monoisotopic (exact) mass is 337 g/mol. The number of halogens is 5. The summed E-state index contributed by atoms with van der Waals surface area (Å²) in [5, 5.41) is 0. The van der Waals surface area contributed by atoms with Crippen molar-refractivity contribution in [3.05, 3.63) is 28.0 Å². The van der Waals surface area contributed by atoms with E-state index in [2.05, 4.69) is 15.9 Å². The van der Waals surface area contributed by atoms with E-state index < -0.39 is 29.9 Å². The van der Waals surface area contributed by atoms with E-state index >= 15 is 0 Å². The molecule has 2 nitrogen and oxygen atoms in total. The van der Waals surface area contributed by atoms with Gasteiger partial charge in [0.1, 0.15) is 12.4 Å². The normalized spacial score (nSPS) is 20.1. The highest BCUT2D eigenvalue weighted by Gasteiger charge is 2.60. The lowest BCUT2D eigenvalue weighted by molar-refractivity contribution is -0.132. The molecule has 1 aliphatic carbocycles. The minimum absolute atomic E-state index is 0.0422. The number of hydrogen-bond donors (Lipinski definition) is 0. The summed E-state index contributed by atoms with van der Waals surface area (Å²) in [6.45, 7) is -1.37. The minimum Gasteiger partial charge on any atom is -0.302 e. The fourth-order valence-electron chi connectivity index (χ4n) is 2.57. The molecule has 0 atom stereocenters. The molecule has 1 aliphatic heterocycles. The highest BCUT2D eigenvalue weighted by Crippen LogP contribution is 2.58. The Morgan fingerprint density at radius 1 is 1.32 bits per heavy atom. The molecule has 0 bridgehead atoms. The number of carbonyl (C=O) groups is 1. The van der Waals surface area contributed by atoms with Crippen LogP contribution in [-0.4, -0.2) is 18.6 Å². The predicted octanol–water partition coefficient (Wildman–Crippen LogP) is 3.53. The smallest absolute Gasteiger partial charge is 0.302 e. The lowest BCUT2D eigenvalue weighted by atomic mass is 9.98. The Bertz CT molecular complexity index is 580. The maximum atomic E-state index is 13.5. The van der Waals surface area contributed by atoms with Crippen LogP contribution in [0, 0.1) is 5.82 Å². The molecule has 1 spiro atoms. The van der Waals surface area contributed by atoms with Gasteiger partial charge in [0.25, 0.3) is 0 Å². The molecule has 1 saturated carbocycles. The number of hydrogen-bond acceptors (Lipinski definition) is 1. The van der Waals surface area contributed by atoms with Crippen molar-refractivity contribution in [1.82, 2.24) is 0 Å². The van der Waals surface area contributed by atoms with Crippen LogP contribution in [0.5, 0.6) is 0 Å². The molecule has 2 aliphatic rings. The molecule has 1 aromatic carbocycles. The summed E-state index contributed by atoms with van der Waals surface area (Å²) < 4.78 is 51.3. The summed E-state index contributed by atoms with van der Waals surface area (Å²) in [5.74, 6) is -1.24. The third-order valence-corrected chi connectivity index (χ3v) is 4.19. The predicted molar refractivity (Wildman–Crippen MR) is 63.4 cm³/mol. The Morgan fingerprint density at radius 3 is 2.47 bits per heavy atom. The number of anilines is 1. The van der Waals surface area contributed by atoms with Crippen LogP contribution in [0.25, 0.3) is 0 Å². The SMILES string of the molecule is O=C1N(CC(F)(F)F)c2cc(F)c(Br)cc2C12CC2. The van der Waals surface area contributed by atoms with Crippen LogP contribution < -0.4 is 4.90 Å². The molecule has 1 heterocycles. The zero-order valence-electron chi connectivity index (χ0n) is 9.52. The molecule has 102 valence electrons. The van der Waals surface area contributed by atoms with E-state index in [1.54, 1.807) is 0 Å². The zero-order chi connectivity index (χ0) is 14.0. The average molecular weight is 338 g/mol. The molecule has 1 aromatic rings. The highest BCUT2D eigenvalue weighted by atomic mass is 79.9.